The average Bonchev–Trinajstić information content (AvgIpc) is 2.77. The van der Waals surface area contributed by atoms with Crippen LogP contribution in [0.15, 0.2) is 24.3 Å². The number of fused-ring (bicyclic) bond motifs is 1. The first-order valence-electron chi connectivity index (χ1n) is 6.04. The van der Waals surface area contributed by atoms with Gasteiger partial charge in [-0.05, 0) is 24.3 Å². The quantitative estimate of drug-likeness (QED) is 0.743. The third-order valence-corrected chi connectivity index (χ3v) is 3.05. The molecule has 0 fully saturated rings. The zero-order chi connectivity index (χ0) is 14.3. The van der Waals surface area contributed by atoms with Crippen LogP contribution < -0.4 is 11.1 Å². The molecule has 2 aromatic heterocycles. The number of nitrogens with zero attached hydrogens (tertiary/aromatic N) is 4. The number of aryl methyl sites for hydroxylation is 1. The molecule has 0 amide bonds. The molecule has 0 radical (unpaired) electrons. The molecule has 3 N–H and O–H groups in total. The molecule has 0 aliphatic heterocycles. The molecule has 0 saturated carbocycles. The molecule has 0 spiro atoms. The van der Waals surface area contributed by atoms with E-state index in [1.54, 1.807) is 30.9 Å². The molecule has 0 saturated heterocycles. The third kappa shape index (κ3) is 1.83. The molecule has 2 heterocycles. The Balaban J connectivity index is 2.29. The van der Waals surface area contributed by atoms with Gasteiger partial charge in [0.15, 0.2) is 5.65 Å². The normalized spacial score (nSPS) is 10.9. The lowest BCUT2D eigenvalue weighted by atomic mass is 10.1. The van der Waals surface area contributed by atoms with Crippen molar-refractivity contribution in [3.8, 4) is 11.3 Å². The minimum Gasteiger partial charge on any atom is -0.383 e. The Bertz CT molecular complexity index is 778. The van der Waals surface area contributed by atoms with Crippen molar-refractivity contribution in [1.29, 1.82) is 0 Å². The molecule has 20 heavy (non-hydrogen) atoms. The van der Waals surface area contributed by atoms with Crippen molar-refractivity contribution in [1.82, 2.24) is 19.7 Å². The van der Waals surface area contributed by atoms with Crippen LogP contribution in [0.1, 0.15) is 0 Å². The summed E-state index contributed by atoms with van der Waals surface area (Å²) >= 11 is 0. The molecule has 3 aromatic rings. The summed E-state index contributed by atoms with van der Waals surface area (Å²) in [5.41, 5.74) is 8.03. The number of halogens is 1. The number of hydrogen-bond acceptors (Lipinski definition) is 5. The molecule has 0 atom stereocenters. The van der Waals surface area contributed by atoms with Gasteiger partial charge >= 0.3 is 0 Å². The summed E-state index contributed by atoms with van der Waals surface area (Å²) in [5.74, 6) is 0.478. The van der Waals surface area contributed by atoms with Crippen LogP contribution in [-0.4, -0.2) is 26.8 Å². The summed E-state index contributed by atoms with van der Waals surface area (Å²) in [5, 5.41) is 7.93. The summed E-state index contributed by atoms with van der Waals surface area (Å²) in [6, 6.07) is 6.08. The van der Waals surface area contributed by atoms with Crippen LogP contribution in [-0.2, 0) is 7.05 Å². The molecule has 7 heteroatoms. The Morgan fingerprint density at radius 1 is 1.20 bits per heavy atom. The standard InChI is InChI=1S/C13H13FN6/c1-16-13-17-11(15)9-10(19-20(2)12(9)18-13)7-3-5-8(14)6-4-7/h3-6H,1-2H3,(H3,15,16,17,18). The maximum absolute atomic E-state index is 13.0. The van der Waals surface area contributed by atoms with Gasteiger partial charge in [0.25, 0.3) is 0 Å². The molecule has 0 aliphatic rings. The van der Waals surface area contributed by atoms with Gasteiger partial charge in [-0.1, -0.05) is 0 Å². The molecule has 3 rings (SSSR count). The predicted molar refractivity (Wildman–Crippen MR) is 75.7 cm³/mol. The van der Waals surface area contributed by atoms with Crippen molar-refractivity contribution in [2.24, 2.45) is 7.05 Å². The maximum atomic E-state index is 13.0. The smallest absolute Gasteiger partial charge is 0.226 e. The SMILES string of the molecule is CNc1nc(N)c2c(-c3ccc(F)cc3)nn(C)c2n1. The molecule has 0 unspecified atom stereocenters. The average molecular weight is 272 g/mol. The Kier molecular flexibility index (Phi) is 2.74. The Morgan fingerprint density at radius 2 is 1.90 bits per heavy atom. The second-order valence-electron chi connectivity index (χ2n) is 4.36. The van der Waals surface area contributed by atoms with Gasteiger partial charge in [-0.2, -0.15) is 15.1 Å². The van der Waals surface area contributed by atoms with Crippen LogP contribution in [0.2, 0.25) is 0 Å². The number of rotatable bonds is 2. The van der Waals surface area contributed by atoms with Gasteiger partial charge in [0.2, 0.25) is 5.95 Å². The predicted octanol–water partition coefficient (Wildman–Crippen LogP) is 1.79. The Morgan fingerprint density at radius 3 is 2.55 bits per heavy atom. The molecular formula is C13H13FN6. The van der Waals surface area contributed by atoms with Gasteiger partial charge < -0.3 is 11.1 Å². The first-order valence-corrected chi connectivity index (χ1v) is 6.04. The van der Waals surface area contributed by atoms with Gasteiger partial charge in [-0.15, -0.1) is 0 Å². The van der Waals surface area contributed by atoms with Crippen LogP contribution in [0.4, 0.5) is 16.2 Å². The summed E-state index contributed by atoms with van der Waals surface area (Å²) in [6.45, 7) is 0. The number of anilines is 2. The largest absolute Gasteiger partial charge is 0.383 e. The number of nitrogens with two attached hydrogens (primary N) is 1. The third-order valence-electron chi connectivity index (χ3n) is 3.05. The van der Waals surface area contributed by atoms with E-state index in [1.165, 1.54) is 12.1 Å². The minimum atomic E-state index is -0.296. The molecule has 0 bridgehead atoms. The molecule has 102 valence electrons. The molecule has 0 aliphatic carbocycles. The van der Waals surface area contributed by atoms with Gasteiger partial charge in [0.1, 0.15) is 17.3 Å². The summed E-state index contributed by atoms with van der Waals surface area (Å²) in [6.07, 6.45) is 0. The van der Waals surface area contributed by atoms with E-state index in [-0.39, 0.29) is 5.82 Å². The zero-order valence-electron chi connectivity index (χ0n) is 11.1. The van der Waals surface area contributed by atoms with Gasteiger partial charge in [-0.3, -0.25) is 0 Å². The summed E-state index contributed by atoms with van der Waals surface area (Å²) in [7, 11) is 3.50. The Labute approximate surface area is 114 Å². The first kappa shape index (κ1) is 12.3. The highest BCUT2D eigenvalue weighted by molar-refractivity contribution is 5.98. The number of aromatic nitrogens is 4. The van der Waals surface area contributed by atoms with Crippen LogP contribution in [0.25, 0.3) is 22.3 Å². The molecular weight excluding hydrogens is 259 g/mol. The van der Waals surface area contributed by atoms with E-state index in [2.05, 4.69) is 20.4 Å². The van der Waals surface area contributed by atoms with E-state index in [0.717, 1.165) is 5.56 Å². The van der Waals surface area contributed by atoms with Crippen molar-refractivity contribution in [2.45, 2.75) is 0 Å². The van der Waals surface area contributed by atoms with E-state index in [4.69, 9.17) is 5.73 Å². The van der Waals surface area contributed by atoms with Crippen LogP contribution in [0, 0.1) is 5.82 Å². The highest BCUT2D eigenvalue weighted by atomic mass is 19.1. The van der Waals surface area contributed by atoms with E-state index in [0.29, 0.717) is 28.5 Å². The fourth-order valence-corrected chi connectivity index (χ4v) is 2.10. The topological polar surface area (TPSA) is 81.6 Å². The molecule has 1 aromatic carbocycles. The van der Waals surface area contributed by atoms with Crippen molar-refractivity contribution in [2.75, 3.05) is 18.1 Å². The minimum absolute atomic E-state index is 0.296. The lowest BCUT2D eigenvalue weighted by Crippen LogP contribution is -2.02. The number of nitrogen functional groups attached to an aromatic ring is 1. The van der Waals surface area contributed by atoms with Gasteiger partial charge in [0, 0.05) is 19.7 Å². The van der Waals surface area contributed by atoms with E-state index in [9.17, 15) is 4.39 Å². The number of hydrogen-bond donors (Lipinski definition) is 2. The Hall–Kier alpha value is -2.70. The van der Waals surface area contributed by atoms with Gasteiger partial charge in [0.05, 0.1) is 5.39 Å². The number of nitrogens with one attached hydrogen (secondary N) is 1. The second kappa shape index (κ2) is 4.44. The molecule has 6 nitrogen and oxygen atoms in total. The number of benzene rings is 1. The fourth-order valence-electron chi connectivity index (χ4n) is 2.10. The van der Waals surface area contributed by atoms with Crippen LogP contribution in [0.3, 0.4) is 0 Å². The zero-order valence-corrected chi connectivity index (χ0v) is 11.1. The summed E-state index contributed by atoms with van der Waals surface area (Å²) in [4.78, 5) is 8.51. The monoisotopic (exact) mass is 272 g/mol. The van der Waals surface area contributed by atoms with Crippen molar-refractivity contribution in [3.05, 3.63) is 30.1 Å². The van der Waals surface area contributed by atoms with Crippen molar-refractivity contribution in [3.63, 3.8) is 0 Å². The van der Waals surface area contributed by atoms with Crippen molar-refractivity contribution < 1.29 is 4.39 Å². The van der Waals surface area contributed by atoms with Crippen LogP contribution in [0.5, 0.6) is 0 Å². The van der Waals surface area contributed by atoms with Crippen LogP contribution >= 0.6 is 0 Å². The second-order valence-corrected chi connectivity index (χ2v) is 4.36. The summed E-state index contributed by atoms with van der Waals surface area (Å²) < 4.78 is 14.6. The first-order chi connectivity index (χ1) is 9.60. The van der Waals surface area contributed by atoms with E-state index >= 15 is 0 Å². The van der Waals surface area contributed by atoms with E-state index in [1.807, 2.05) is 0 Å². The highest BCUT2D eigenvalue weighted by Crippen LogP contribution is 2.30. The lowest BCUT2D eigenvalue weighted by Gasteiger charge is -2.03. The fraction of sp³-hybridized carbons (Fsp3) is 0.154. The van der Waals surface area contributed by atoms with Gasteiger partial charge in [-0.25, -0.2) is 9.07 Å². The maximum Gasteiger partial charge on any atom is 0.226 e. The van der Waals surface area contributed by atoms with E-state index < -0.39 is 0 Å². The lowest BCUT2D eigenvalue weighted by molar-refractivity contribution is 0.628. The van der Waals surface area contributed by atoms with Crippen molar-refractivity contribution >= 4 is 22.8 Å². The highest BCUT2D eigenvalue weighted by Gasteiger charge is 2.16.